The molecule has 0 saturated heterocycles. The zero-order chi connectivity index (χ0) is 13.5. The van der Waals surface area contributed by atoms with Crippen LogP contribution in [0.1, 0.15) is 23.2 Å². The lowest BCUT2D eigenvalue weighted by molar-refractivity contribution is -0.116. The quantitative estimate of drug-likeness (QED) is 0.791. The van der Waals surface area contributed by atoms with Crippen LogP contribution >= 0.6 is 15.9 Å². The molecule has 0 aromatic heterocycles. The van der Waals surface area contributed by atoms with E-state index in [0.717, 1.165) is 0 Å². The second-order valence-electron chi connectivity index (χ2n) is 3.64. The number of anilines is 1. The third-order valence-corrected chi connectivity index (χ3v) is 2.90. The molecule has 0 aliphatic rings. The Balaban J connectivity index is 2.62. The van der Waals surface area contributed by atoms with Crippen LogP contribution in [0.25, 0.3) is 0 Å². The molecule has 1 amide bonds. The van der Waals surface area contributed by atoms with Crippen LogP contribution in [0.2, 0.25) is 0 Å². The summed E-state index contributed by atoms with van der Waals surface area (Å²) < 4.78 is 5.40. The zero-order valence-corrected chi connectivity index (χ0v) is 11.5. The maximum absolute atomic E-state index is 11.6. The van der Waals surface area contributed by atoms with E-state index in [0.29, 0.717) is 29.6 Å². The normalized spacial score (nSPS) is 10.1. The number of carbonyl (C=O) groups excluding carboxylic acids is 1. The molecule has 0 radical (unpaired) electrons. The van der Waals surface area contributed by atoms with E-state index in [4.69, 9.17) is 9.84 Å². The Morgan fingerprint density at radius 3 is 2.72 bits per heavy atom. The van der Waals surface area contributed by atoms with Gasteiger partial charge in [0.25, 0.3) is 0 Å². The molecule has 0 fully saturated rings. The van der Waals surface area contributed by atoms with Crippen molar-refractivity contribution in [2.45, 2.75) is 12.8 Å². The van der Waals surface area contributed by atoms with Crippen molar-refractivity contribution >= 4 is 33.5 Å². The summed E-state index contributed by atoms with van der Waals surface area (Å²) in [5, 5.41) is 11.5. The van der Waals surface area contributed by atoms with Gasteiger partial charge in [-0.2, -0.15) is 0 Å². The monoisotopic (exact) mass is 315 g/mol. The van der Waals surface area contributed by atoms with Crippen LogP contribution in [0.3, 0.4) is 0 Å². The van der Waals surface area contributed by atoms with Crippen LogP contribution in [0, 0.1) is 0 Å². The first-order valence-corrected chi connectivity index (χ1v) is 6.15. The average Bonchev–Trinajstić information content (AvgIpc) is 2.32. The molecule has 0 aliphatic heterocycles. The molecule has 1 rings (SSSR count). The molecule has 0 spiro atoms. The molecule has 0 heterocycles. The lowest BCUT2D eigenvalue weighted by Gasteiger charge is -2.08. The van der Waals surface area contributed by atoms with Crippen LogP contribution < -0.4 is 5.32 Å². The third-order valence-electron chi connectivity index (χ3n) is 2.24. The first-order chi connectivity index (χ1) is 8.54. The molecule has 1 aromatic carbocycles. The lowest BCUT2D eigenvalue weighted by Crippen LogP contribution is -2.12. The molecule has 98 valence electrons. The number of hydrogen-bond donors (Lipinski definition) is 2. The second-order valence-corrected chi connectivity index (χ2v) is 4.50. The van der Waals surface area contributed by atoms with Gasteiger partial charge in [-0.15, -0.1) is 0 Å². The fraction of sp³-hybridized carbons (Fsp3) is 0.333. The van der Waals surface area contributed by atoms with Gasteiger partial charge in [-0.25, -0.2) is 4.79 Å². The molecule has 0 atom stereocenters. The molecule has 6 heteroatoms. The minimum atomic E-state index is -1.01. The number of nitrogens with one attached hydrogen (secondary N) is 1. The van der Waals surface area contributed by atoms with Gasteiger partial charge >= 0.3 is 5.97 Å². The molecule has 0 bridgehead atoms. The van der Waals surface area contributed by atoms with E-state index < -0.39 is 5.97 Å². The number of benzene rings is 1. The Labute approximate surface area is 113 Å². The van der Waals surface area contributed by atoms with Crippen molar-refractivity contribution in [2.24, 2.45) is 0 Å². The van der Waals surface area contributed by atoms with Gasteiger partial charge < -0.3 is 15.2 Å². The fourth-order valence-corrected chi connectivity index (χ4v) is 1.82. The van der Waals surface area contributed by atoms with Crippen molar-refractivity contribution in [3.05, 3.63) is 28.2 Å². The van der Waals surface area contributed by atoms with Crippen molar-refractivity contribution in [3.8, 4) is 0 Å². The van der Waals surface area contributed by atoms with Gasteiger partial charge in [0.05, 0.1) is 11.3 Å². The van der Waals surface area contributed by atoms with Crippen molar-refractivity contribution < 1.29 is 19.4 Å². The van der Waals surface area contributed by atoms with E-state index in [2.05, 4.69) is 21.2 Å². The largest absolute Gasteiger partial charge is 0.478 e. The molecular weight excluding hydrogens is 302 g/mol. The number of hydrogen-bond acceptors (Lipinski definition) is 3. The summed E-state index contributed by atoms with van der Waals surface area (Å²) in [6.07, 6.45) is 1.01. The highest BCUT2D eigenvalue weighted by Gasteiger charge is 2.09. The molecule has 2 N–H and O–H groups in total. The Bertz CT molecular complexity index is 448. The fourth-order valence-electron chi connectivity index (χ4n) is 1.34. The van der Waals surface area contributed by atoms with E-state index in [1.807, 2.05) is 0 Å². The van der Waals surface area contributed by atoms with Crippen LogP contribution in [0.4, 0.5) is 5.69 Å². The number of carboxylic acid groups (broad SMARTS) is 1. The summed E-state index contributed by atoms with van der Waals surface area (Å²) in [4.78, 5) is 22.3. The van der Waals surface area contributed by atoms with Crippen LogP contribution in [-0.4, -0.2) is 30.7 Å². The molecule has 0 unspecified atom stereocenters. The predicted octanol–water partition coefficient (Wildman–Crippen LogP) is 2.51. The Kier molecular flexibility index (Phi) is 5.80. The van der Waals surface area contributed by atoms with Gasteiger partial charge in [0, 0.05) is 24.6 Å². The van der Waals surface area contributed by atoms with E-state index in [1.54, 1.807) is 13.2 Å². The summed E-state index contributed by atoms with van der Waals surface area (Å²) in [6.45, 7) is 0.534. The number of amides is 1. The predicted molar refractivity (Wildman–Crippen MR) is 70.8 cm³/mol. The van der Waals surface area contributed by atoms with Crippen molar-refractivity contribution in [1.82, 2.24) is 0 Å². The van der Waals surface area contributed by atoms with Crippen LogP contribution in [-0.2, 0) is 9.53 Å². The van der Waals surface area contributed by atoms with E-state index in [9.17, 15) is 9.59 Å². The highest BCUT2D eigenvalue weighted by molar-refractivity contribution is 9.10. The smallest absolute Gasteiger partial charge is 0.335 e. The SMILES string of the molecule is COCCCC(=O)Nc1ccc(C(=O)O)cc1Br. The number of halogens is 1. The van der Waals surface area contributed by atoms with Gasteiger partial charge in [-0.3, -0.25) is 4.79 Å². The van der Waals surface area contributed by atoms with Crippen LogP contribution in [0.5, 0.6) is 0 Å². The van der Waals surface area contributed by atoms with Gasteiger partial charge in [-0.1, -0.05) is 0 Å². The Morgan fingerprint density at radius 2 is 2.17 bits per heavy atom. The molecule has 1 aromatic rings. The van der Waals surface area contributed by atoms with Crippen molar-refractivity contribution in [2.75, 3.05) is 19.0 Å². The number of carboxylic acids is 1. The highest BCUT2D eigenvalue weighted by Crippen LogP contribution is 2.23. The maximum Gasteiger partial charge on any atom is 0.335 e. The molecule has 0 aliphatic carbocycles. The third kappa shape index (κ3) is 4.46. The van der Waals surface area contributed by atoms with E-state index in [-0.39, 0.29) is 11.5 Å². The van der Waals surface area contributed by atoms with Crippen molar-refractivity contribution in [3.63, 3.8) is 0 Å². The van der Waals surface area contributed by atoms with Gasteiger partial charge in [0.15, 0.2) is 0 Å². The number of rotatable bonds is 6. The zero-order valence-electron chi connectivity index (χ0n) is 9.90. The maximum atomic E-state index is 11.6. The first kappa shape index (κ1) is 14.7. The topological polar surface area (TPSA) is 75.6 Å². The average molecular weight is 316 g/mol. The summed E-state index contributed by atoms with van der Waals surface area (Å²) in [6, 6.07) is 4.45. The first-order valence-electron chi connectivity index (χ1n) is 5.36. The summed E-state index contributed by atoms with van der Waals surface area (Å²) in [5.41, 5.74) is 0.724. The highest BCUT2D eigenvalue weighted by atomic mass is 79.9. The van der Waals surface area contributed by atoms with Gasteiger partial charge in [0.2, 0.25) is 5.91 Å². The molecule has 0 saturated carbocycles. The standard InChI is InChI=1S/C12H14BrNO4/c1-18-6-2-3-11(15)14-10-5-4-8(12(16)17)7-9(10)13/h4-5,7H,2-3,6H2,1H3,(H,14,15)(H,16,17). The molecular formula is C12H14BrNO4. The van der Waals surface area contributed by atoms with Crippen molar-refractivity contribution in [1.29, 1.82) is 0 Å². The summed E-state index contributed by atoms with van der Waals surface area (Å²) in [5.74, 6) is -1.13. The van der Waals surface area contributed by atoms with Gasteiger partial charge in [0.1, 0.15) is 0 Å². The molecule has 5 nitrogen and oxygen atoms in total. The van der Waals surface area contributed by atoms with Crippen LogP contribution in [0.15, 0.2) is 22.7 Å². The number of carbonyl (C=O) groups is 2. The summed E-state index contributed by atoms with van der Waals surface area (Å²) in [7, 11) is 1.58. The Hall–Kier alpha value is -1.40. The Morgan fingerprint density at radius 1 is 1.44 bits per heavy atom. The minimum absolute atomic E-state index is 0.129. The lowest BCUT2D eigenvalue weighted by atomic mass is 10.2. The minimum Gasteiger partial charge on any atom is -0.478 e. The number of aromatic carboxylic acids is 1. The second kappa shape index (κ2) is 7.13. The van der Waals surface area contributed by atoms with Gasteiger partial charge in [-0.05, 0) is 40.5 Å². The number of methoxy groups -OCH3 is 1. The molecule has 18 heavy (non-hydrogen) atoms. The van der Waals surface area contributed by atoms with E-state index in [1.165, 1.54) is 12.1 Å². The number of ether oxygens (including phenoxy) is 1. The summed E-state index contributed by atoms with van der Waals surface area (Å²) >= 11 is 3.22. The van der Waals surface area contributed by atoms with E-state index >= 15 is 0 Å².